The van der Waals surface area contributed by atoms with Gasteiger partial charge in [0.05, 0.1) is 17.3 Å². The first-order valence-corrected chi connectivity index (χ1v) is 7.54. The predicted octanol–water partition coefficient (Wildman–Crippen LogP) is 2.51. The molecule has 0 aliphatic carbocycles. The molecule has 0 bridgehead atoms. The van der Waals surface area contributed by atoms with Crippen LogP contribution in [0.4, 0.5) is 5.69 Å². The molecule has 1 atom stereocenters. The molecule has 1 N–H and O–H groups in total. The highest BCUT2D eigenvalue weighted by Gasteiger charge is 2.29. The molecule has 3 nitrogen and oxygen atoms in total. The summed E-state index contributed by atoms with van der Waals surface area (Å²) in [6.45, 7) is 4.68. The molecule has 2 aliphatic heterocycles. The number of aliphatic hydroxyl groups excluding tert-OH is 1. The van der Waals surface area contributed by atoms with Crippen LogP contribution in [-0.2, 0) is 6.61 Å². The van der Waals surface area contributed by atoms with Crippen molar-refractivity contribution in [2.24, 2.45) is 0 Å². The SMILES string of the molecule is OCc1ccc(N2CCCN3CCCC3C2)c(Cl)c1. The number of benzene rings is 1. The highest BCUT2D eigenvalue weighted by molar-refractivity contribution is 6.33. The Balaban J connectivity index is 1.80. The summed E-state index contributed by atoms with van der Waals surface area (Å²) in [6.07, 6.45) is 3.84. The predicted molar refractivity (Wildman–Crippen MR) is 78.8 cm³/mol. The van der Waals surface area contributed by atoms with E-state index in [-0.39, 0.29) is 6.61 Å². The molecule has 0 aromatic heterocycles. The molecule has 2 saturated heterocycles. The molecule has 1 aromatic rings. The van der Waals surface area contributed by atoms with Crippen LogP contribution in [0.5, 0.6) is 0 Å². The lowest BCUT2D eigenvalue weighted by Gasteiger charge is -2.28. The van der Waals surface area contributed by atoms with E-state index in [0.717, 1.165) is 29.4 Å². The van der Waals surface area contributed by atoms with Crippen molar-refractivity contribution in [2.45, 2.75) is 31.9 Å². The first kappa shape index (κ1) is 13.2. The molecule has 0 spiro atoms. The van der Waals surface area contributed by atoms with Gasteiger partial charge in [-0.25, -0.2) is 0 Å². The van der Waals surface area contributed by atoms with Crippen molar-refractivity contribution in [1.29, 1.82) is 0 Å². The molecular formula is C15H21ClN2O. The van der Waals surface area contributed by atoms with Gasteiger partial charge in [-0.2, -0.15) is 0 Å². The minimum absolute atomic E-state index is 0.0520. The van der Waals surface area contributed by atoms with Gasteiger partial charge < -0.3 is 10.0 Å². The largest absolute Gasteiger partial charge is 0.392 e. The molecule has 19 heavy (non-hydrogen) atoms. The molecule has 2 heterocycles. The first-order valence-electron chi connectivity index (χ1n) is 7.16. The number of rotatable bonds is 2. The van der Waals surface area contributed by atoms with Gasteiger partial charge in [0.15, 0.2) is 0 Å². The second-order valence-corrected chi connectivity index (χ2v) is 5.98. The van der Waals surface area contributed by atoms with Crippen LogP contribution in [0, 0.1) is 0 Å². The number of halogens is 1. The second-order valence-electron chi connectivity index (χ2n) is 5.58. The van der Waals surface area contributed by atoms with E-state index in [9.17, 15) is 0 Å². The maximum Gasteiger partial charge on any atom is 0.0682 e. The van der Waals surface area contributed by atoms with Gasteiger partial charge in [0.25, 0.3) is 0 Å². The van der Waals surface area contributed by atoms with Gasteiger partial charge in [-0.15, -0.1) is 0 Å². The minimum atomic E-state index is 0.0520. The van der Waals surface area contributed by atoms with Gasteiger partial charge in [-0.3, -0.25) is 4.90 Å². The van der Waals surface area contributed by atoms with E-state index in [1.165, 1.54) is 32.4 Å². The lowest BCUT2D eigenvalue weighted by atomic mass is 10.1. The molecule has 1 aromatic carbocycles. The lowest BCUT2D eigenvalue weighted by Crippen LogP contribution is -2.36. The normalized spacial score (nSPS) is 24.3. The highest BCUT2D eigenvalue weighted by Crippen LogP contribution is 2.30. The third-order valence-corrected chi connectivity index (χ3v) is 4.64. The monoisotopic (exact) mass is 280 g/mol. The number of hydrogen-bond acceptors (Lipinski definition) is 3. The number of anilines is 1. The summed E-state index contributed by atoms with van der Waals surface area (Å²) in [7, 11) is 0. The van der Waals surface area contributed by atoms with Crippen LogP contribution in [0.15, 0.2) is 18.2 Å². The summed E-state index contributed by atoms with van der Waals surface area (Å²) < 4.78 is 0. The molecule has 0 amide bonds. The van der Waals surface area contributed by atoms with E-state index in [0.29, 0.717) is 6.04 Å². The summed E-state index contributed by atoms with van der Waals surface area (Å²) in [5.41, 5.74) is 2.00. The average Bonchev–Trinajstić information content (AvgIpc) is 2.76. The smallest absolute Gasteiger partial charge is 0.0682 e. The lowest BCUT2D eigenvalue weighted by molar-refractivity contribution is 0.273. The highest BCUT2D eigenvalue weighted by atomic mass is 35.5. The Bertz CT molecular complexity index is 452. The summed E-state index contributed by atoms with van der Waals surface area (Å²) >= 11 is 6.37. The fraction of sp³-hybridized carbons (Fsp3) is 0.600. The van der Waals surface area contributed by atoms with Gasteiger partial charge in [-0.05, 0) is 43.5 Å². The molecule has 104 valence electrons. The number of hydrogen-bond donors (Lipinski definition) is 1. The second kappa shape index (κ2) is 5.70. The zero-order valence-corrected chi connectivity index (χ0v) is 11.9. The van der Waals surface area contributed by atoms with E-state index >= 15 is 0 Å². The summed E-state index contributed by atoms with van der Waals surface area (Å²) in [5, 5.41) is 9.91. The van der Waals surface area contributed by atoms with Crippen molar-refractivity contribution in [1.82, 2.24) is 4.90 Å². The van der Waals surface area contributed by atoms with Crippen LogP contribution in [0.3, 0.4) is 0 Å². The molecule has 2 fully saturated rings. The van der Waals surface area contributed by atoms with E-state index in [2.05, 4.69) is 15.9 Å². The fourth-order valence-electron chi connectivity index (χ4n) is 3.33. The van der Waals surface area contributed by atoms with Crippen molar-refractivity contribution in [2.75, 3.05) is 31.1 Å². The Morgan fingerprint density at radius 2 is 2.05 bits per heavy atom. The zero-order valence-electron chi connectivity index (χ0n) is 11.2. The average molecular weight is 281 g/mol. The first-order chi connectivity index (χ1) is 9.28. The van der Waals surface area contributed by atoms with Gasteiger partial charge in [0.1, 0.15) is 0 Å². The third-order valence-electron chi connectivity index (χ3n) is 4.34. The van der Waals surface area contributed by atoms with Crippen LogP contribution in [0.25, 0.3) is 0 Å². The molecule has 2 aliphatic rings. The van der Waals surface area contributed by atoms with Gasteiger partial charge in [0.2, 0.25) is 0 Å². The van der Waals surface area contributed by atoms with Gasteiger partial charge in [0, 0.05) is 25.7 Å². The van der Waals surface area contributed by atoms with Gasteiger partial charge in [-0.1, -0.05) is 17.7 Å². The Morgan fingerprint density at radius 1 is 1.21 bits per heavy atom. The van der Waals surface area contributed by atoms with Crippen molar-refractivity contribution < 1.29 is 5.11 Å². The zero-order chi connectivity index (χ0) is 13.2. The van der Waals surface area contributed by atoms with E-state index < -0.39 is 0 Å². The Hall–Kier alpha value is -0.770. The number of aliphatic hydroxyl groups is 1. The Morgan fingerprint density at radius 3 is 2.84 bits per heavy atom. The maximum absolute atomic E-state index is 9.15. The van der Waals surface area contributed by atoms with Crippen LogP contribution >= 0.6 is 11.6 Å². The number of nitrogens with zero attached hydrogens (tertiary/aromatic N) is 2. The standard InChI is InChI=1S/C15H21ClN2O/c16-14-9-12(11-19)4-5-15(14)18-8-2-7-17-6-1-3-13(17)10-18/h4-5,9,13,19H,1-3,6-8,10-11H2. The van der Waals surface area contributed by atoms with Crippen LogP contribution in [0.2, 0.25) is 5.02 Å². The third kappa shape index (κ3) is 2.73. The minimum Gasteiger partial charge on any atom is -0.392 e. The van der Waals surface area contributed by atoms with Crippen molar-refractivity contribution in [3.8, 4) is 0 Å². The molecule has 4 heteroatoms. The molecule has 1 unspecified atom stereocenters. The van der Waals surface area contributed by atoms with E-state index in [1.54, 1.807) is 0 Å². The van der Waals surface area contributed by atoms with Crippen LogP contribution < -0.4 is 4.90 Å². The maximum atomic E-state index is 9.15. The van der Waals surface area contributed by atoms with Crippen LogP contribution in [-0.4, -0.2) is 42.2 Å². The van der Waals surface area contributed by atoms with Crippen molar-refractivity contribution in [3.63, 3.8) is 0 Å². The Kier molecular flexibility index (Phi) is 3.96. The van der Waals surface area contributed by atoms with Crippen molar-refractivity contribution >= 4 is 17.3 Å². The molecule has 3 rings (SSSR count). The summed E-state index contributed by atoms with van der Waals surface area (Å²) in [4.78, 5) is 5.04. The summed E-state index contributed by atoms with van der Waals surface area (Å²) in [5.74, 6) is 0. The van der Waals surface area contributed by atoms with E-state index in [1.807, 2.05) is 12.1 Å². The Labute approximate surface area is 119 Å². The van der Waals surface area contributed by atoms with Crippen LogP contribution in [0.1, 0.15) is 24.8 Å². The topological polar surface area (TPSA) is 26.7 Å². The van der Waals surface area contributed by atoms with Crippen molar-refractivity contribution in [3.05, 3.63) is 28.8 Å². The fourth-order valence-corrected chi connectivity index (χ4v) is 3.65. The molecule has 0 saturated carbocycles. The van der Waals surface area contributed by atoms with Gasteiger partial charge >= 0.3 is 0 Å². The quantitative estimate of drug-likeness (QED) is 0.902. The molecule has 0 radical (unpaired) electrons. The molecular weight excluding hydrogens is 260 g/mol. The summed E-state index contributed by atoms with van der Waals surface area (Å²) in [6, 6.07) is 6.60. The number of fused-ring (bicyclic) bond motifs is 1. The van der Waals surface area contributed by atoms with E-state index in [4.69, 9.17) is 16.7 Å².